The van der Waals surface area contributed by atoms with Crippen LogP contribution in [0.3, 0.4) is 0 Å². The summed E-state index contributed by atoms with van der Waals surface area (Å²) in [4.78, 5) is 24.4. The van der Waals surface area contributed by atoms with Crippen LogP contribution in [-0.2, 0) is 4.79 Å². The van der Waals surface area contributed by atoms with E-state index in [0.717, 1.165) is 0 Å². The van der Waals surface area contributed by atoms with Crippen molar-refractivity contribution < 1.29 is 14.7 Å². The van der Waals surface area contributed by atoms with Gasteiger partial charge in [0.15, 0.2) is 0 Å². The van der Waals surface area contributed by atoms with Gasteiger partial charge in [-0.15, -0.1) is 0 Å². The molecule has 0 saturated carbocycles. The third kappa shape index (κ3) is 3.70. The number of rotatable bonds is 4. The molecule has 1 aliphatic heterocycles. The van der Waals surface area contributed by atoms with Crippen LogP contribution in [0.2, 0.25) is 10.0 Å². The van der Waals surface area contributed by atoms with E-state index in [9.17, 15) is 14.7 Å². The maximum Gasteiger partial charge on any atom is 0.352 e. The number of allylic oxidation sites excluding steroid dienone is 1. The van der Waals surface area contributed by atoms with Gasteiger partial charge in [-0.05, 0) is 42.0 Å². The Morgan fingerprint density at radius 2 is 1.83 bits per heavy atom. The van der Waals surface area contributed by atoms with E-state index in [1.807, 2.05) is 0 Å². The molecule has 1 aliphatic rings. The number of amides is 1. The van der Waals surface area contributed by atoms with Crippen molar-refractivity contribution in [1.82, 2.24) is 9.78 Å². The number of carboxylic acids is 1. The van der Waals surface area contributed by atoms with Crippen molar-refractivity contribution in [2.45, 2.75) is 6.04 Å². The molecular weight excluding hydrogens is 415 g/mol. The van der Waals surface area contributed by atoms with Gasteiger partial charge in [0, 0.05) is 15.7 Å². The van der Waals surface area contributed by atoms with E-state index < -0.39 is 17.9 Å². The lowest BCUT2D eigenvalue weighted by molar-refractivity contribution is -0.132. The summed E-state index contributed by atoms with van der Waals surface area (Å²) in [6, 6.07) is 13.1. The van der Waals surface area contributed by atoms with Crippen LogP contribution in [0.1, 0.15) is 22.0 Å². The Labute approximate surface area is 175 Å². The van der Waals surface area contributed by atoms with Crippen molar-refractivity contribution in [3.05, 3.63) is 87.7 Å². The number of nitrogens with zero attached hydrogens (tertiary/aromatic N) is 2. The molecule has 1 aromatic heterocycles. The Hall–Kier alpha value is -3.29. The van der Waals surface area contributed by atoms with Gasteiger partial charge in [-0.25, -0.2) is 9.48 Å². The van der Waals surface area contributed by atoms with E-state index in [0.29, 0.717) is 21.3 Å². The van der Waals surface area contributed by atoms with Crippen LogP contribution in [0, 0.1) is 0 Å². The van der Waals surface area contributed by atoms with E-state index in [1.165, 1.54) is 17.0 Å². The molecule has 9 heteroatoms. The van der Waals surface area contributed by atoms with Crippen LogP contribution in [-0.4, -0.2) is 26.8 Å². The number of aromatic nitrogens is 2. The lowest BCUT2D eigenvalue weighted by atomic mass is 10.0. The first-order valence-electron chi connectivity index (χ1n) is 8.55. The SMILES string of the molecule is O=C(O)C1=C[C@H](c2ccccc2Cl)n2ncc(C(=O)Nc3ccc(Cl)cc3)c2N1. The number of hydrogen-bond donors (Lipinski definition) is 3. The Bertz CT molecular complexity index is 1140. The number of hydrogen-bond acceptors (Lipinski definition) is 4. The first-order valence-corrected chi connectivity index (χ1v) is 9.30. The minimum Gasteiger partial charge on any atom is -0.477 e. The highest BCUT2D eigenvalue weighted by Crippen LogP contribution is 2.35. The zero-order valence-electron chi connectivity index (χ0n) is 14.8. The molecular formula is C20H14Cl2N4O3. The summed E-state index contributed by atoms with van der Waals surface area (Å²) in [6.07, 6.45) is 2.89. The Kier molecular flexibility index (Phi) is 5.00. The molecule has 2 heterocycles. The normalized spacial score (nSPS) is 15.1. The predicted octanol–water partition coefficient (Wildman–Crippen LogP) is 4.43. The fraction of sp³-hybridized carbons (Fsp3) is 0.0500. The molecule has 0 unspecified atom stereocenters. The van der Waals surface area contributed by atoms with Gasteiger partial charge in [-0.3, -0.25) is 4.79 Å². The number of carboxylic acid groups (broad SMARTS) is 1. The van der Waals surface area contributed by atoms with Crippen LogP contribution in [0.4, 0.5) is 11.5 Å². The summed E-state index contributed by atoms with van der Waals surface area (Å²) in [6.45, 7) is 0. The van der Waals surface area contributed by atoms with Crippen molar-refractivity contribution >= 4 is 46.6 Å². The largest absolute Gasteiger partial charge is 0.477 e. The number of carbonyl (C=O) groups is 2. The fourth-order valence-electron chi connectivity index (χ4n) is 3.05. The zero-order valence-corrected chi connectivity index (χ0v) is 16.3. The number of aliphatic carboxylic acids is 1. The van der Waals surface area contributed by atoms with E-state index in [4.69, 9.17) is 23.2 Å². The Morgan fingerprint density at radius 1 is 1.10 bits per heavy atom. The van der Waals surface area contributed by atoms with Gasteiger partial charge in [-0.2, -0.15) is 5.10 Å². The number of carbonyl (C=O) groups excluding carboxylic acids is 1. The topological polar surface area (TPSA) is 96.2 Å². The second kappa shape index (κ2) is 7.62. The van der Waals surface area contributed by atoms with Crippen LogP contribution in [0.15, 0.2) is 66.5 Å². The minimum absolute atomic E-state index is 0.0662. The number of anilines is 2. The average molecular weight is 429 g/mol. The third-order valence-corrected chi connectivity index (χ3v) is 5.03. The van der Waals surface area contributed by atoms with Crippen LogP contribution < -0.4 is 10.6 Å². The highest BCUT2D eigenvalue weighted by Gasteiger charge is 2.30. The maximum absolute atomic E-state index is 12.8. The van der Waals surface area contributed by atoms with E-state index in [1.54, 1.807) is 48.5 Å². The molecule has 4 rings (SSSR count). The van der Waals surface area contributed by atoms with Gasteiger partial charge >= 0.3 is 5.97 Å². The molecule has 0 bridgehead atoms. The monoisotopic (exact) mass is 428 g/mol. The Balaban J connectivity index is 1.73. The quantitative estimate of drug-likeness (QED) is 0.571. The van der Waals surface area contributed by atoms with Crippen LogP contribution in [0.5, 0.6) is 0 Å². The van der Waals surface area contributed by atoms with Gasteiger partial charge in [0.2, 0.25) is 0 Å². The Morgan fingerprint density at radius 3 is 2.52 bits per heavy atom. The molecule has 1 atom stereocenters. The summed E-state index contributed by atoms with van der Waals surface area (Å²) >= 11 is 12.2. The molecule has 1 amide bonds. The summed E-state index contributed by atoms with van der Waals surface area (Å²) < 4.78 is 1.53. The molecule has 0 saturated heterocycles. The fourth-order valence-corrected chi connectivity index (χ4v) is 3.43. The summed E-state index contributed by atoms with van der Waals surface area (Å²) in [5.74, 6) is -1.33. The number of halogens is 2. The van der Waals surface area contributed by atoms with Crippen molar-refractivity contribution in [2.24, 2.45) is 0 Å². The molecule has 29 heavy (non-hydrogen) atoms. The van der Waals surface area contributed by atoms with Gasteiger partial charge < -0.3 is 15.7 Å². The summed E-state index contributed by atoms with van der Waals surface area (Å²) in [5.41, 5.74) is 1.35. The van der Waals surface area contributed by atoms with Crippen molar-refractivity contribution in [3.63, 3.8) is 0 Å². The van der Waals surface area contributed by atoms with Crippen molar-refractivity contribution in [2.75, 3.05) is 10.6 Å². The second-order valence-corrected chi connectivity index (χ2v) is 7.13. The third-order valence-electron chi connectivity index (χ3n) is 4.44. The zero-order chi connectivity index (χ0) is 20.5. The van der Waals surface area contributed by atoms with Crippen molar-refractivity contribution in [3.8, 4) is 0 Å². The molecule has 0 spiro atoms. The lowest BCUT2D eigenvalue weighted by Crippen LogP contribution is -2.25. The summed E-state index contributed by atoms with van der Waals surface area (Å²) in [5, 5.41) is 20.4. The predicted molar refractivity (Wildman–Crippen MR) is 111 cm³/mol. The molecule has 0 fully saturated rings. The maximum atomic E-state index is 12.8. The number of fused-ring (bicyclic) bond motifs is 1. The second-order valence-electron chi connectivity index (χ2n) is 6.29. The van der Waals surface area contributed by atoms with E-state index in [2.05, 4.69) is 15.7 Å². The highest BCUT2D eigenvalue weighted by molar-refractivity contribution is 6.31. The minimum atomic E-state index is -1.15. The number of benzene rings is 2. The average Bonchev–Trinajstić information content (AvgIpc) is 3.13. The van der Waals surface area contributed by atoms with E-state index >= 15 is 0 Å². The van der Waals surface area contributed by atoms with Gasteiger partial charge in [0.1, 0.15) is 23.1 Å². The number of nitrogens with one attached hydrogen (secondary N) is 2. The molecule has 3 N–H and O–H groups in total. The van der Waals surface area contributed by atoms with Crippen LogP contribution in [0.25, 0.3) is 0 Å². The standard InChI is InChI=1S/C20H14Cl2N4O3/c21-11-5-7-12(8-6-11)24-19(27)14-10-23-26-17(13-3-1-2-4-15(13)22)9-16(20(28)29)25-18(14)26/h1-10,17,25H,(H,24,27)(H,28,29)/t17-/m1/s1. The van der Waals surface area contributed by atoms with Crippen LogP contribution >= 0.6 is 23.2 Å². The molecule has 7 nitrogen and oxygen atoms in total. The summed E-state index contributed by atoms with van der Waals surface area (Å²) in [7, 11) is 0. The smallest absolute Gasteiger partial charge is 0.352 e. The van der Waals surface area contributed by atoms with E-state index in [-0.39, 0.29) is 17.1 Å². The lowest BCUT2D eigenvalue weighted by Gasteiger charge is -2.25. The molecule has 146 valence electrons. The molecule has 2 aromatic carbocycles. The van der Waals surface area contributed by atoms with Gasteiger partial charge in [0.25, 0.3) is 5.91 Å². The molecule has 0 radical (unpaired) electrons. The van der Waals surface area contributed by atoms with Crippen molar-refractivity contribution in [1.29, 1.82) is 0 Å². The molecule has 0 aliphatic carbocycles. The molecule has 3 aromatic rings. The van der Waals surface area contributed by atoms with Gasteiger partial charge in [-0.1, -0.05) is 41.4 Å². The van der Waals surface area contributed by atoms with Gasteiger partial charge in [0.05, 0.1) is 6.20 Å². The highest BCUT2D eigenvalue weighted by atomic mass is 35.5. The first-order chi connectivity index (χ1) is 13.9. The first kappa shape index (κ1) is 19.0.